The van der Waals surface area contributed by atoms with Crippen molar-refractivity contribution < 1.29 is 0 Å². The third-order valence-electron chi connectivity index (χ3n) is 2.57. The predicted octanol–water partition coefficient (Wildman–Crippen LogP) is 3.13. The number of pyridine rings is 1. The van der Waals surface area contributed by atoms with E-state index < -0.39 is 0 Å². The van der Waals surface area contributed by atoms with Crippen molar-refractivity contribution in [1.29, 1.82) is 0 Å². The zero-order valence-electron chi connectivity index (χ0n) is 10.3. The molecule has 2 heterocycles. The molecule has 0 radical (unpaired) electrons. The van der Waals surface area contributed by atoms with Crippen LogP contribution in [-0.2, 0) is 6.54 Å². The molecule has 0 unspecified atom stereocenters. The smallest absolute Gasteiger partial charge is 0.207 e. The number of hydrogen-bond acceptors (Lipinski definition) is 3. The first kappa shape index (κ1) is 11.6. The molecule has 0 spiro atoms. The minimum Gasteiger partial charge on any atom is -0.324 e. The van der Waals surface area contributed by atoms with E-state index in [9.17, 15) is 0 Å². The van der Waals surface area contributed by atoms with Crippen molar-refractivity contribution >= 4 is 11.6 Å². The predicted molar refractivity (Wildman–Crippen MR) is 69.4 cm³/mol. The van der Waals surface area contributed by atoms with Gasteiger partial charge in [-0.2, -0.15) is 0 Å². The molecule has 1 N–H and O–H groups in total. The van der Waals surface area contributed by atoms with E-state index in [4.69, 9.17) is 0 Å². The summed E-state index contributed by atoms with van der Waals surface area (Å²) in [6.45, 7) is 5.20. The topological polar surface area (TPSA) is 42.7 Å². The van der Waals surface area contributed by atoms with Crippen LogP contribution in [0.4, 0.5) is 11.6 Å². The normalized spacial score (nSPS) is 10.5. The van der Waals surface area contributed by atoms with Gasteiger partial charge in [-0.15, -0.1) is 0 Å². The molecule has 0 aromatic carbocycles. The summed E-state index contributed by atoms with van der Waals surface area (Å²) in [6, 6.07) is 3.90. The monoisotopic (exact) mass is 230 g/mol. The van der Waals surface area contributed by atoms with Gasteiger partial charge in [0.25, 0.3) is 0 Å². The second-order valence-electron chi connectivity index (χ2n) is 4.12. The molecule has 0 aliphatic carbocycles. The fraction of sp³-hybridized carbons (Fsp3) is 0.385. The van der Waals surface area contributed by atoms with Gasteiger partial charge in [-0.1, -0.05) is 13.3 Å². The number of nitrogens with zero attached hydrogens (tertiary/aromatic N) is 3. The molecule has 90 valence electrons. The lowest BCUT2D eigenvalue weighted by molar-refractivity contribution is 0.637. The van der Waals surface area contributed by atoms with E-state index in [1.54, 1.807) is 12.4 Å². The Kier molecular flexibility index (Phi) is 3.75. The third-order valence-corrected chi connectivity index (χ3v) is 2.57. The third kappa shape index (κ3) is 3.06. The Labute approximate surface area is 102 Å². The molecule has 4 nitrogen and oxygen atoms in total. The molecule has 4 heteroatoms. The van der Waals surface area contributed by atoms with Crippen molar-refractivity contribution in [3.63, 3.8) is 0 Å². The van der Waals surface area contributed by atoms with E-state index >= 15 is 0 Å². The second-order valence-corrected chi connectivity index (χ2v) is 4.12. The first-order valence-corrected chi connectivity index (χ1v) is 6.00. The maximum Gasteiger partial charge on any atom is 0.207 e. The summed E-state index contributed by atoms with van der Waals surface area (Å²) in [5, 5.41) is 3.29. The fourth-order valence-electron chi connectivity index (χ4n) is 1.71. The molecule has 2 rings (SSSR count). The lowest BCUT2D eigenvalue weighted by Gasteiger charge is -2.08. The summed E-state index contributed by atoms with van der Waals surface area (Å²) < 4.78 is 2.16. The van der Waals surface area contributed by atoms with Gasteiger partial charge in [-0.05, 0) is 25.5 Å². The van der Waals surface area contributed by atoms with Gasteiger partial charge in [-0.3, -0.25) is 4.98 Å². The number of anilines is 2. The average Bonchev–Trinajstić information content (AvgIpc) is 2.68. The average molecular weight is 230 g/mol. The summed E-state index contributed by atoms with van der Waals surface area (Å²) in [4.78, 5) is 8.56. The molecular weight excluding hydrogens is 212 g/mol. The van der Waals surface area contributed by atoms with Gasteiger partial charge in [-0.25, -0.2) is 4.98 Å². The molecule has 0 saturated carbocycles. The minimum absolute atomic E-state index is 0.893. The highest BCUT2D eigenvalue weighted by molar-refractivity contribution is 5.52. The Morgan fingerprint density at radius 2 is 2.29 bits per heavy atom. The molecule has 0 aliphatic rings. The van der Waals surface area contributed by atoms with E-state index in [2.05, 4.69) is 33.0 Å². The Morgan fingerprint density at radius 3 is 3.00 bits per heavy atom. The zero-order chi connectivity index (χ0) is 12.1. The summed E-state index contributed by atoms with van der Waals surface area (Å²) >= 11 is 0. The molecule has 2 aromatic heterocycles. The van der Waals surface area contributed by atoms with Crippen LogP contribution in [0, 0.1) is 6.92 Å². The van der Waals surface area contributed by atoms with Crippen molar-refractivity contribution in [2.24, 2.45) is 0 Å². The lowest BCUT2D eigenvalue weighted by atomic mass is 10.3. The van der Waals surface area contributed by atoms with Gasteiger partial charge in [0.2, 0.25) is 5.95 Å². The zero-order valence-corrected chi connectivity index (χ0v) is 10.3. The Balaban J connectivity index is 2.14. The number of aryl methyl sites for hydroxylation is 2. The highest BCUT2D eigenvalue weighted by atomic mass is 15.2. The van der Waals surface area contributed by atoms with Crippen LogP contribution in [0.1, 0.15) is 25.5 Å². The first-order chi connectivity index (χ1) is 8.29. The molecule has 0 amide bonds. The maximum absolute atomic E-state index is 4.48. The minimum atomic E-state index is 0.893. The van der Waals surface area contributed by atoms with E-state index in [0.717, 1.165) is 30.3 Å². The standard InChI is InChI=1S/C13H18N4/c1-3-4-8-17-10-11(2)15-13(17)16-12-6-5-7-14-9-12/h5-7,9-10H,3-4,8H2,1-2H3,(H,15,16). The Hall–Kier alpha value is -1.84. The molecule has 17 heavy (non-hydrogen) atoms. The van der Waals surface area contributed by atoms with Crippen molar-refractivity contribution in [3.8, 4) is 0 Å². The lowest BCUT2D eigenvalue weighted by Crippen LogP contribution is -2.03. The molecule has 0 atom stereocenters. The number of unbranched alkanes of at least 4 members (excludes halogenated alkanes) is 1. The van der Waals surface area contributed by atoms with Gasteiger partial charge in [0.15, 0.2) is 0 Å². The largest absolute Gasteiger partial charge is 0.324 e. The van der Waals surface area contributed by atoms with Crippen LogP contribution < -0.4 is 5.32 Å². The van der Waals surface area contributed by atoms with E-state index in [1.165, 1.54) is 6.42 Å². The quantitative estimate of drug-likeness (QED) is 0.858. The summed E-state index contributed by atoms with van der Waals surface area (Å²) in [5.41, 5.74) is 2.00. The van der Waals surface area contributed by atoms with E-state index in [0.29, 0.717) is 0 Å². The van der Waals surface area contributed by atoms with Gasteiger partial charge in [0.1, 0.15) is 0 Å². The van der Waals surface area contributed by atoms with Crippen LogP contribution in [-0.4, -0.2) is 14.5 Å². The number of imidazole rings is 1. The number of nitrogens with one attached hydrogen (secondary N) is 1. The van der Waals surface area contributed by atoms with Crippen LogP contribution in [0.5, 0.6) is 0 Å². The summed E-state index contributed by atoms with van der Waals surface area (Å²) in [7, 11) is 0. The van der Waals surface area contributed by atoms with Gasteiger partial charge in [0, 0.05) is 18.9 Å². The molecule has 0 bridgehead atoms. The van der Waals surface area contributed by atoms with E-state index in [1.807, 2.05) is 19.1 Å². The van der Waals surface area contributed by atoms with Crippen LogP contribution in [0.15, 0.2) is 30.7 Å². The van der Waals surface area contributed by atoms with Gasteiger partial charge < -0.3 is 9.88 Å². The van der Waals surface area contributed by atoms with E-state index in [-0.39, 0.29) is 0 Å². The molecule has 0 fully saturated rings. The van der Waals surface area contributed by atoms with Gasteiger partial charge >= 0.3 is 0 Å². The number of rotatable bonds is 5. The van der Waals surface area contributed by atoms with Crippen LogP contribution in [0.25, 0.3) is 0 Å². The highest BCUT2D eigenvalue weighted by Crippen LogP contribution is 2.15. The number of hydrogen-bond donors (Lipinski definition) is 1. The van der Waals surface area contributed by atoms with Crippen molar-refractivity contribution in [2.75, 3.05) is 5.32 Å². The molecule has 0 aliphatic heterocycles. The molecule has 2 aromatic rings. The van der Waals surface area contributed by atoms with Crippen molar-refractivity contribution in [3.05, 3.63) is 36.4 Å². The Bertz CT molecular complexity index is 462. The van der Waals surface area contributed by atoms with Gasteiger partial charge in [0.05, 0.1) is 17.6 Å². The fourth-order valence-corrected chi connectivity index (χ4v) is 1.71. The molecular formula is C13H18N4. The second kappa shape index (κ2) is 5.48. The van der Waals surface area contributed by atoms with Crippen LogP contribution >= 0.6 is 0 Å². The number of aromatic nitrogens is 3. The Morgan fingerprint density at radius 1 is 1.41 bits per heavy atom. The van der Waals surface area contributed by atoms with Crippen molar-refractivity contribution in [2.45, 2.75) is 33.2 Å². The van der Waals surface area contributed by atoms with Crippen LogP contribution in [0.2, 0.25) is 0 Å². The van der Waals surface area contributed by atoms with Crippen molar-refractivity contribution in [1.82, 2.24) is 14.5 Å². The molecule has 0 saturated heterocycles. The van der Waals surface area contributed by atoms with Crippen LogP contribution in [0.3, 0.4) is 0 Å². The highest BCUT2D eigenvalue weighted by Gasteiger charge is 2.05. The SMILES string of the molecule is CCCCn1cc(C)nc1Nc1cccnc1. The maximum atomic E-state index is 4.48. The summed E-state index contributed by atoms with van der Waals surface area (Å²) in [6.07, 6.45) is 7.99. The summed E-state index contributed by atoms with van der Waals surface area (Å²) in [5.74, 6) is 0.893. The first-order valence-electron chi connectivity index (χ1n) is 6.00.